The molecule has 1 saturated heterocycles. The van der Waals surface area contributed by atoms with Crippen LogP contribution in [0.4, 0.5) is 4.79 Å². The van der Waals surface area contributed by atoms with Crippen molar-refractivity contribution in [1.29, 1.82) is 0 Å². The number of rotatable bonds is 4. The molecule has 0 bridgehead atoms. The van der Waals surface area contributed by atoms with Gasteiger partial charge in [-0.25, -0.2) is 9.59 Å². The van der Waals surface area contributed by atoms with Crippen molar-refractivity contribution >= 4 is 45.7 Å². The molecule has 2 heterocycles. The summed E-state index contributed by atoms with van der Waals surface area (Å²) in [6.45, 7) is -0.0514. The summed E-state index contributed by atoms with van der Waals surface area (Å²) in [7, 11) is 1.85. The number of benzene rings is 2. The highest BCUT2D eigenvalue weighted by molar-refractivity contribution is 6.13. The second-order valence-corrected chi connectivity index (χ2v) is 7.06. The maximum Gasteiger partial charge on any atom is 0.423 e. The number of carboxylic acids is 1. The highest BCUT2D eigenvalue weighted by Gasteiger charge is 2.35. The summed E-state index contributed by atoms with van der Waals surface area (Å²) in [5.41, 5.74) is 2.49. The van der Waals surface area contributed by atoms with E-state index in [-0.39, 0.29) is 25.0 Å². The fourth-order valence-corrected chi connectivity index (χ4v) is 3.96. The van der Waals surface area contributed by atoms with Crippen LogP contribution < -0.4 is 4.57 Å². The standard InChI is InChI=1S/C22H18N2O6/c1-23-16-8-3-2-6-14(16)19(21(27)28)15-7-4-5-13(20(15)23)11-12-30-22(29)24-17(25)9-10-18(24)26/h2-8H,9-12H2,1H3/p+1. The lowest BCUT2D eigenvalue weighted by Crippen LogP contribution is -2.36. The van der Waals surface area contributed by atoms with Gasteiger partial charge >= 0.3 is 12.1 Å². The number of carboxylic acid groups (broad SMARTS) is 1. The van der Waals surface area contributed by atoms with Crippen molar-refractivity contribution < 1.29 is 33.6 Å². The SMILES string of the molecule is C[n+]1c2ccccc2c(C(=O)O)c2cccc(CCOC(=O)N3C(=O)CCC3=O)c21. The number of para-hydroxylation sites is 2. The largest absolute Gasteiger partial charge is 0.478 e. The van der Waals surface area contributed by atoms with Crippen LogP contribution in [0.15, 0.2) is 42.5 Å². The van der Waals surface area contributed by atoms with E-state index in [0.717, 1.165) is 16.6 Å². The number of aromatic nitrogens is 1. The summed E-state index contributed by atoms with van der Waals surface area (Å²) in [6, 6.07) is 12.6. The molecule has 4 rings (SSSR count). The Morgan fingerprint density at radius 3 is 2.40 bits per heavy atom. The third kappa shape index (κ3) is 3.16. The minimum Gasteiger partial charge on any atom is -0.478 e. The second kappa shape index (κ2) is 7.55. The fourth-order valence-electron chi connectivity index (χ4n) is 3.96. The molecular weight excluding hydrogens is 388 g/mol. The normalized spacial score (nSPS) is 14.0. The lowest BCUT2D eigenvalue weighted by molar-refractivity contribution is -0.618. The van der Waals surface area contributed by atoms with Gasteiger partial charge in [-0.2, -0.15) is 9.47 Å². The second-order valence-electron chi connectivity index (χ2n) is 7.06. The van der Waals surface area contributed by atoms with Gasteiger partial charge in [-0.1, -0.05) is 24.3 Å². The average Bonchev–Trinajstić information content (AvgIpc) is 3.06. The minimum atomic E-state index is -1.02. The van der Waals surface area contributed by atoms with Gasteiger partial charge in [0.2, 0.25) is 22.8 Å². The first-order valence-corrected chi connectivity index (χ1v) is 9.48. The zero-order valence-corrected chi connectivity index (χ0v) is 16.3. The Bertz CT molecular complexity index is 1220. The molecule has 2 aromatic carbocycles. The van der Waals surface area contributed by atoms with Gasteiger partial charge in [0.05, 0.1) is 22.9 Å². The molecule has 3 aromatic rings. The number of fused-ring (bicyclic) bond motifs is 2. The maximum atomic E-state index is 12.1. The number of carbonyl (C=O) groups is 4. The van der Waals surface area contributed by atoms with E-state index < -0.39 is 23.9 Å². The van der Waals surface area contributed by atoms with Crippen LogP contribution in [0.3, 0.4) is 0 Å². The Labute approximate surface area is 171 Å². The number of aromatic carboxylic acids is 1. The van der Waals surface area contributed by atoms with Gasteiger partial charge in [-0.05, 0) is 12.1 Å². The van der Waals surface area contributed by atoms with E-state index in [0.29, 0.717) is 22.1 Å². The number of hydrogen-bond acceptors (Lipinski definition) is 5. The summed E-state index contributed by atoms with van der Waals surface area (Å²) < 4.78 is 7.06. The predicted octanol–water partition coefficient (Wildman–Crippen LogP) is 2.34. The van der Waals surface area contributed by atoms with E-state index >= 15 is 0 Å². The maximum absolute atomic E-state index is 12.1. The van der Waals surface area contributed by atoms with E-state index in [1.807, 2.05) is 29.8 Å². The molecule has 8 heteroatoms. The Morgan fingerprint density at radius 2 is 1.70 bits per heavy atom. The van der Waals surface area contributed by atoms with Gasteiger partial charge in [0.1, 0.15) is 7.05 Å². The minimum absolute atomic E-state index is 0.0120. The number of hydrogen-bond donors (Lipinski definition) is 1. The third-order valence-corrected chi connectivity index (χ3v) is 5.30. The van der Waals surface area contributed by atoms with Gasteiger partial charge in [0, 0.05) is 30.9 Å². The molecule has 0 aliphatic carbocycles. The number of carbonyl (C=O) groups excluding carboxylic acids is 3. The predicted molar refractivity (Wildman–Crippen MR) is 106 cm³/mol. The van der Waals surface area contributed by atoms with Gasteiger partial charge < -0.3 is 9.84 Å². The quantitative estimate of drug-likeness (QED) is 0.404. The molecule has 8 nitrogen and oxygen atoms in total. The highest BCUT2D eigenvalue weighted by Crippen LogP contribution is 2.27. The number of imide groups is 3. The molecule has 1 N–H and O–H groups in total. The smallest absolute Gasteiger partial charge is 0.423 e. The van der Waals surface area contributed by atoms with Crippen LogP contribution in [0, 0.1) is 0 Å². The van der Waals surface area contributed by atoms with E-state index in [9.17, 15) is 24.3 Å². The molecule has 0 spiro atoms. The van der Waals surface area contributed by atoms with E-state index in [1.54, 1.807) is 24.3 Å². The van der Waals surface area contributed by atoms with Crippen LogP contribution in [0.2, 0.25) is 0 Å². The number of likely N-dealkylation sites (tertiary alicyclic amines) is 1. The number of ether oxygens (including phenoxy) is 1. The van der Waals surface area contributed by atoms with Crippen molar-refractivity contribution in [1.82, 2.24) is 4.90 Å². The summed E-state index contributed by atoms with van der Waals surface area (Å²) in [6.07, 6.45) is -0.648. The first-order chi connectivity index (χ1) is 14.4. The van der Waals surface area contributed by atoms with E-state index in [2.05, 4.69) is 0 Å². The Hall–Kier alpha value is -3.81. The third-order valence-electron chi connectivity index (χ3n) is 5.30. The number of pyridine rings is 1. The molecule has 0 saturated carbocycles. The molecule has 30 heavy (non-hydrogen) atoms. The average molecular weight is 407 g/mol. The summed E-state index contributed by atoms with van der Waals surface area (Å²) in [4.78, 5) is 47.9. The van der Waals surface area contributed by atoms with Crippen molar-refractivity contribution in [2.75, 3.05) is 6.61 Å². The lowest BCUT2D eigenvalue weighted by atomic mass is 9.98. The summed E-state index contributed by atoms with van der Waals surface area (Å²) >= 11 is 0. The molecule has 1 fully saturated rings. The zero-order valence-electron chi connectivity index (χ0n) is 16.3. The van der Waals surface area contributed by atoms with Crippen molar-refractivity contribution in [3.8, 4) is 0 Å². The van der Waals surface area contributed by atoms with Crippen molar-refractivity contribution in [3.05, 3.63) is 53.6 Å². The van der Waals surface area contributed by atoms with E-state index in [4.69, 9.17) is 4.74 Å². The van der Waals surface area contributed by atoms with Crippen LogP contribution in [-0.4, -0.2) is 40.5 Å². The van der Waals surface area contributed by atoms with Crippen LogP contribution in [0.5, 0.6) is 0 Å². The monoisotopic (exact) mass is 407 g/mol. The van der Waals surface area contributed by atoms with Gasteiger partial charge in [0.15, 0.2) is 0 Å². The van der Waals surface area contributed by atoms with Crippen LogP contribution in [0.25, 0.3) is 21.8 Å². The van der Waals surface area contributed by atoms with Crippen molar-refractivity contribution in [2.45, 2.75) is 19.3 Å². The molecule has 152 valence electrons. The van der Waals surface area contributed by atoms with Crippen LogP contribution in [-0.2, 0) is 27.8 Å². The Kier molecular flexibility index (Phi) is 4.91. The van der Waals surface area contributed by atoms with Crippen molar-refractivity contribution in [2.24, 2.45) is 7.05 Å². The van der Waals surface area contributed by atoms with Gasteiger partial charge in [0.25, 0.3) is 0 Å². The molecule has 3 amide bonds. The molecular formula is C22H19N2O6+. The number of aryl methyl sites for hydroxylation is 1. The Morgan fingerprint density at radius 1 is 1.03 bits per heavy atom. The fraction of sp³-hybridized carbons (Fsp3) is 0.227. The molecule has 1 aromatic heterocycles. The lowest BCUT2D eigenvalue weighted by Gasteiger charge is -2.13. The summed E-state index contributed by atoms with van der Waals surface area (Å²) in [5, 5.41) is 11.0. The zero-order chi connectivity index (χ0) is 21.4. The van der Waals surface area contributed by atoms with Gasteiger partial charge in [-0.3, -0.25) is 9.59 Å². The Balaban J connectivity index is 1.69. The topological polar surface area (TPSA) is 105 Å². The molecule has 1 aliphatic rings. The summed E-state index contributed by atoms with van der Waals surface area (Å²) in [5.74, 6) is -2.13. The molecule has 0 atom stereocenters. The number of amides is 3. The van der Waals surface area contributed by atoms with Gasteiger partial charge in [-0.15, -0.1) is 0 Å². The first-order valence-electron chi connectivity index (χ1n) is 9.48. The molecule has 0 unspecified atom stereocenters. The van der Waals surface area contributed by atoms with Crippen LogP contribution in [0.1, 0.15) is 28.8 Å². The molecule has 0 radical (unpaired) electrons. The number of nitrogens with zero attached hydrogens (tertiary/aromatic N) is 2. The first kappa shape index (κ1) is 19.5. The van der Waals surface area contributed by atoms with Crippen LogP contribution >= 0.6 is 0 Å². The van der Waals surface area contributed by atoms with E-state index in [1.165, 1.54) is 0 Å². The highest BCUT2D eigenvalue weighted by atomic mass is 16.6. The van der Waals surface area contributed by atoms with Crippen molar-refractivity contribution in [3.63, 3.8) is 0 Å². The molecule has 1 aliphatic heterocycles.